The minimum Gasteiger partial charge on any atom is -0.478 e. The monoisotopic (exact) mass is 217 g/mol. The molecule has 0 amide bonds. The number of carboxylic acids is 1. The highest BCUT2D eigenvalue weighted by Gasteiger charge is 2.01. The summed E-state index contributed by atoms with van der Waals surface area (Å²) in [4.78, 5) is 10.4. The van der Waals surface area contributed by atoms with Crippen molar-refractivity contribution in [1.82, 2.24) is 5.32 Å². The predicted octanol–water partition coefficient (Wildman–Crippen LogP) is 0.270. The first-order valence-electron chi connectivity index (χ1n) is 4.87. The van der Waals surface area contributed by atoms with Crippen LogP contribution in [-0.4, -0.2) is 51.1 Å². The van der Waals surface area contributed by atoms with Gasteiger partial charge in [-0.1, -0.05) is 6.58 Å². The first-order chi connectivity index (χ1) is 7.18. The summed E-state index contributed by atoms with van der Waals surface area (Å²) >= 11 is 0. The third-order valence-corrected chi connectivity index (χ3v) is 1.71. The third-order valence-electron chi connectivity index (χ3n) is 1.71. The Balaban J connectivity index is 3.11. The second-order valence-corrected chi connectivity index (χ2v) is 3.04. The Morgan fingerprint density at radius 2 is 2.13 bits per heavy atom. The lowest BCUT2D eigenvalue weighted by atomic mass is 10.3. The molecule has 0 heterocycles. The van der Waals surface area contributed by atoms with E-state index in [9.17, 15) is 4.79 Å². The van der Waals surface area contributed by atoms with Crippen LogP contribution in [0.4, 0.5) is 0 Å². The van der Waals surface area contributed by atoms with Gasteiger partial charge < -0.3 is 19.9 Å². The Morgan fingerprint density at radius 1 is 1.40 bits per heavy atom. The van der Waals surface area contributed by atoms with Gasteiger partial charge in [-0.15, -0.1) is 0 Å². The average molecular weight is 217 g/mol. The van der Waals surface area contributed by atoms with Crippen molar-refractivity contribution < 1.29 is 19.4 Å². The van der Waals surface area contributed by atoms with Gasteiger partial charge in [0.05, 0.1) is 13.2 Å². The van der Waals surface area contributed by atoms with Crippen LogP contribution in [-0.2, 0) is 14.3 Å². The number of methoxy groups -OCH3 is 1. The Hall–Kier alpha value is -0.910. The molecule has 0 bridgehead atoms. The highest BCUT2D eigenvalue weighted by molar-refractivity contribution is 5.86. The van der Waals surface area contributed by atoms with E-state index in [1.807, 2.05) is 0 Å². The van der Waals surface area contributed by atoms with Crippen molar-refractivity contribution in [2.75, 3.05) is 40.0 Å². The van der Waals surface area contributed by atoms with Crippen molar-refractivity contribution in [3.8, 4) is 0 Å². The van der Waals surface area contributed by atoms with E-state index in [0.717, 1.165) is 13.0 Å². The van der Waals surface area contributed by atoms with E-state index >= 15 is 0 Å². The van der Waals surface area contributed by atoms with Crippen molar-refractivity contribution in [1.29, 1.82) is 0 Å². The number of carboxylic acid groups (broad SMARTS) is 1. The smallest absolute Gasteiger partial charge is 0.332 e. The highest BCUT2D eigenvalue weighted by Crippen LogP contribution is 1.87. The van der Waals surface area contributed by atoms with Gasteiger partial charge >= 0.3 is 5.97 Å². The van der Waals surface area contributed by atoms with Gasteiger partial charge in [-0.2, -0.15) is 0 Å². The first-order valence-corrected chi connectivity index (χ1v) is 4.87. The fraction of sp³-hybridized carbons (Fsp3) is 0.700. The van der Waals surface area contributed by atoms with Gasteiger partial charge in [0.1, 0.15) is 0 Å². The van der Waals surface area contributed by atoms with Crippen molar-refractivity contribution in [2.45, 2.75) is 6.42 Å². The molecule has 0 fully saturated rings. The zero-order valence-corrected chi connectivity index (χ0v) is 9.12. The number of rotatable bonds is 10. The molecule has 0 spiro atoms. The lowest BCUT2D eigenvalue weighted by Gasteiger charge is -2.05. The molecule has 2 N–H and O–H groups in total. The first kappa shape index (κ1) is 14.1. The molecule has 0 aromatic heterocycles. The van der Waals surface area contributed by atoms with Crippen LogP contribution in [0.25, 0.3) is 0 Å². The fourth-order valence-corrected chi connectivity index (χ4v) is 0.858. The molecule has 0 aliphatic rings. The molecule has 0 rings (SSSR count). The summed E-state index contributed by atoms with van der Waals surface area (Å²) in [6, 6.07) is 0. The fourth-order valence-electron chi connectivity index (χ4n) is 0.858. The standard InChI is InChI=1S/C10H19NO4/c1-9(10(12)13)8-11-4-3-5-15-7-6-14-2/h11H,1,3-8H2,2H3,(H,12,13). The molecular formula is C10H19NO4. The maximum Gasteiger partial charge on any atom is 0.332 e. The largest absolute Gasteiger partial charge is 0.478 e. The number of aliphatic carboxylic acids is 1. The molecule has 88 valence electrons. The SMILES string of the molecule is C=C(CNCCCOCCOC)C(=O)O. The average Bonchev–Trinajstić information content (AvgIpc) is 2.21. The van der Waals surface area contributed by atoms with E-state index in [0.29, 0.717) is 26.4 Å². The number of carbonyl (C=O) groups is 1. The summed E-state index contributed by atoms with van der Waals surface area (Å²) in [6.07, 6.45) is 0.844. The quantitative estimate of drug-likeness (QED) is 0.406. The molecular weight excluding hydrogens is 198 g/mol. The molecule has 5 heteroatoms. The van der Waals surface area contributed by atoms with Gasteiger partial charge in [-0.25, -0.2) is 4.79 Å². The van der Waals surface area contributed by atoms with E-state index < -0.39 is 5.97 Å². The molecule has 0 aliphatic carbocycles. The topological polar surface area (TPSA) is 67.8 Å². The van der Waals surface area contributed by atoms with Gasteiger partial charge in [0.15, 0.2) is 0 Å². The Bertz CT molecular complexity index is 194. The normalized spacial score (nSPS) is 10.2. The number of nitrogens with one attached hydrogen (secondary N) is 1. The summed E-state index contributed by atoms with van der Waals surface area (Å²) in [6.45, 7) is 6.28. The van der Waals surface area contributed by atoms with Crippen molar-refractivity contribution in [2.24, 2.45) is 0 Å². The van der Waals surface area contributed by atoms with Crippen LogP contribution in [0.5, 0.6) is 0 Å². The van der Waals surface area contributed by atoms with Gasteiger partial charge in [0, 0.05) is 25.8 Å². The second-order valence-electron chi connectivity index (χ2n) is 3.04. The summed E-state index contributed by atoms with van der Waals surface area (Å²) in [5.74, 6) is -0.959. The molecule has 0 aromatic carbocycles. The maximum absolute atomic E-state index is 10.4. The lowest BCUT2D eigenvalue weighted by molar-refractivity contribution is -0.132. The van der Waals surface area contributed by atoms with Crippen LogP contribution < -0.4 is 5.32 Å². The van der Waals surface area contributed by atoms with E-state index in [1.165, 1.54) is 0 Å². The highest BCUT2D eigenvalue weighted by atomic mass is 16.5. The predicted molar refractivity (Wildman–Crippen MR) is 57.0 cm³/mol. The van der Waals surface area contributed by atoms with E-state index in [1.54, 1.807) is 7.11 Å². The molecule has 0 unspecified atom stereocenters. The van der Waals surface area contributed by atoms with Crippen LogP contribution in [0.3, 0.4) is 0 Å². The number of hydrogen-bond acceptors (Lipinski definition) is 4. The summed E-state index contributed by atoms with van der Waals surface area (Å²) in [7, 11) is 1.63. The van der Waals surface area contributed by atoms with Gasteiger partial charge in [-0.3, -0.25) is 0 Å². The summed E-state index contributed by atoms with van der Waals surface area (Å²) in [5.41, 5.74) is 0.176. The molecule has 0 radical (unpaired) electrons. The molecule has 15 heavy (non-hydrogen) atoms. The van der Waals surface area contributed by atoms with Crippen molar-refractivity contribution in [3.05, 3.63) is 12.2 Å². The number of ether oxygens (including phenoxy) is 2. The maximum atomic E-state index is 10.4. The third kappa shape index (κ3) is 9.40. The minimum absolute atomic E-state index is 0.176. The summed E-state index contributed by atoms with van der Waals surface area (Å²) < 4.78 is 10.0. The van der Waals surface area contributed by atoms with Gasteiger partial charge in [0.2, 0.25) is 0 Å². The summed E-state index contributed by atoms with van der Waals surface area (Å²) in [5, 5.41) is 11.5. The van der Waals surface area contributed by atoms with Crippen LogP contribution in [0.15, 0.2) is 12.2 Å². The molecule has 0 saturated carbocycles. The lowest BCUT2D eigenvalue weighted by Crippen LogP contribution is -2.22. The number of hydrogen-bond donors (Lipinski definition) is 2. The van der Waals surface area contributed by atoms with Gasteiger partial charge in [-0.05, 0) is 13.0 Å². The van der Waals surface area contributed by atoms with Crippen LogP contribution in [0.2, 0.25) is 0 Å². The van der Waals surface area contributed by atoms with E-state index in [4.69, 9.17) is 14.6 Å². The molecule has 0 aliphatic heterocycles. The molecule has 0 aromatic rings. The molecule has 0 atom stereocenters. The van der Waals surface area contributed by atoms with Crippen LogP contribution in [0.1, 0.15) is 6.42 Å². The van der Waals surface area contributed by atoms with Crippen molar-refractivity contribution in [3.63, 3.8) is 0 Å². The second kappa shape index (κ2) is 9.64. The van der Waals surface area contributed by atoms with E-state index in [2.05, 4.69) is 11.9 Å². The van der Waals surface area contributed by atoms with Gasteiger partial charge in [0.25, 0.3) is 0 Å². The zero-order chi connectivity index (χ0) is 11.5. The van der Waals surface area contributed by atoms with Crippen LogP contribution >= 0.6 is 0 Å². The molecule has 5 nitrogen and oxygen atoms in total. The van der Waals surface area contributed by atoms with Crippen molar-refractivity contribution >= 4 is 5.97 Å². The Morgan fingerprint density at radius 3 is 2.73 bits per heavy atom. The van der Waals surface area contributed by atoms with E-state index in [-0.39, 0.29) is 5.57 Å². The van der Waals surface area contributed by atoms with Crippen LogP contribution in [0, 0.1) is 0 Å². The molecule has 0 saturated heterocycles. The Kier molecular flexibility index (Phi) is 9.05. The minimum atomic E-state index is -0.959. The Labute approximate surface area is 90.1 Å². The zero-order valence-electron chi connectivity index (χ0n) is 9.12.